The van der Waals surface area contributed by atoms with Crippen LogP contribution in [-0.2, 0) is 17.9 Å². The van der Waals surface area contributed by atoms with Crippen LogP contribution in [0.25, 0.3) is 6.08 Å². The number of fused-ring (bicyclic) bond motifs is 1. The number of imidazole rings is 1. The molecule has 2 heterocycles. The largest absolute Gasteiger partial charge is 0.354 e. The molecule has 1 aromatic rings. The Kier molecular flexibility index (Phi) is 6.13. The SMILES string of the molecule is CC/C=C/c1nc(C(=O)N=C(C(=O)NC)C(C)(C)C)c2n1CCN(C)C2. The van der Waals surface area contributed by atoms with Gasteiger partial charge < -0.3 is 9.88 Å². The Morgan fingerprint density at radius 3 is 2.58 bits per heavy atom. The molecule has 0 saturated heterocycles. The molecular weight excluding hydrogens is 330 g/mol. The summed E-state index contributed by atoms with van der Waals surface area (Å²) >= 11 is 0. The number of aliphatic imine (C=N–C) groups is 1. The lowest BCUT2D eigenvalue weighted by Crippen LogP contribution is -2.37. The maximum atomic E-state index is 12.9. The molecule has 1 N–H and O–H groups in total. The van der Waals surface area contributed by atoms with Crippen molar-refractivity contribution < 1.29 is 9.59 Å². The maximum absolute atomic E-state index is 12.9. The molecule has 0 bridgehead atoms. The zero-order valence-corrected chi connectivity index (χ0v) is 16.6. The number of carbonyl (C=O) groups is 2. The standard InChI is InChI=1S/C19H29N5O2/c1-7-8-9-14-21-15(13-12-23(6)10-11-24(13)14)17(25)22-16(18(26)20-5)19(2,3)4/h8-9H,7,10-12H2,1-6H3,(H,20,26)/b9-8+,22-16?. The van der Waals surface area contributed by atoms with Gasteiger partial charge in [0.25, 0.3) is 11.8 Å². The van der Waals surface area contributed by atoms with Crippen LogP contribution in [0.5, 0.6) is 0 Å². The Hall–Kier alpha value is -2.28. The highest BCUT2D eigenvalue weighted by Gasteiger charge is 2.29. The smallest absolute Gasteiger partial charge is 0.297 e. The topological polar surface area (TPSA) is 79.6 Å². The first-order valence-corrected chi connectivity index (χ1v) is 8.99. The first-order chi connectivity index (χ1) is 12.2. The van der Waals surface area contributed by atoms with Crippen molar-refractivity contribution in [3.63, 3.8) is 0 Å². The van der Waals surface area contributed by atoms with Gasteiger partial charge in [-0.2, -0.15) is 0 Å². The molecule has 26 heavy (non-hydrogen) atoms. The van der Waals surface area contributed by atoms with Gasteiger partial charge in [0.1, 0.15) is 11.5 Å². The van der Waals surface area contributed by atoms with Gasteiger partial charge in [-0.25, -0.2) is 9.98 Å². The van der Waals surface area contributed by atoms with Crippen LogP contribution in [0.15, 0.2) is 11.1 Å². The Bertz CT molecular complexity index is 753. The molecule has 0 saturated carbocycles. The van der Waals surface area contributed by atoms with Gasteiger partial charge >= 0.3 is 0 Å². The van der Waals surface area contributed by atoms with Crippen molar-refractivity contribution in [2.75, 3.05) is 20.6 Å². The van der Waals surface area contributed by atoms with Gasteiger partial charge in [0.2, 0.25) is 0 Å². The molecule has 1 aliphatic heterocycles. The summed E-state index contributed by atoms with van der Waals surface area (Å²) in [5.74, 6) is -0.0402. The second kappa shape index (κ2) is 7.95. The highest BCUT2D eigenvalue weighted by atomic mass is 16.2. The summed E-state index contributed by atoms with van der Waals surface area (Å²) in [4.78, 5) is 35.9. The summed E-state index contributed by atoms with van der Waals surface area (Å²) in [6.07, 6.45) is 4.86. The van der Waals surface area contributed by atoms with E-state index in [1.807, 2.05) is 40.0 Å². The van der Waals surface area contributed by atoms with Gasteiger partial charge in [-0.3, -0.25) is 14.5 Å². The quantitative estimate of drug-likeness (QED) is 0.835. The van der Waals surface area contributed by atoms with Crippen LogP contribution in [0, 0.1) is 5.41 Å². The van der Waals surface area contributed by atoms with Gasteiger partial charge in [0.05, 0.1) is 5.69 Å². The van der Waals surface area contributed by atoms with E-state index in [1.165, 1.54) is 7.05 Å². The molecule has 7 nitrogen and oxygen atoms in total. The first kappa shape index (κ1) is 20.0. The van der Waals surface area contributed by atoms with E-state index >= 15 is 0 Å². The predicted molar refractivity (Wildman–Crippen MR) is 103 cm³/mol. The van der Waals surface area contributed by atoms with E-state index in [0.717, 1.165) is 31.0 Å². The van der Waals surface area contributed by atoms with E-state index in [9.17, 15) is 9.59 Å². The fraction of sp³-hybridized carbons (Fsp3) is 0.579. The normalized spacial score (nSPS) is 16.0. The molecule has 142 valence electrons. The summed E-state index contributed by atoms with van der Waals surface area (Å²) in [7, 11) is 3.55. The van der Waals surface area contributed by atoms with Gasteiger partial charge in [-0.15, -0.1) is 0 Å². The van der Waals surface area contributed by atoms with Crippen LogP contribution in [0.3, 0.4) is 0 Å². The molecule has 2 rings (SSSR count). The molecule has 0 unspecified atom stereocenters. The highest BCUT2D eigenvalue weighted by molar-refractivity contribution is 6.42. The fourth-order valence-electron chi connectivity index (χ4n) is 2.87. The number of rotatable bonds is 4. The molecule has 0 aliphatic carbocycles. The van der Waals surface area contributed by atoms with Gasteiger partial charge in [-0.05, 0) is 19.5 Å². The molecule has 0 aromatic carbocycles. The van der Waals surface area contributed by atoms with Gasteiger partial charge in [0.15, 0.2) is 5.69 Å². The monoisotopic (exact) mass is 359 g/mol. The minimum Gasteiger partial charge on any atom is -0.354 e. The number of nitrogens with zero attached hydrogens (tertiary/aromatic N) is 4. The summed E-state index contributed by atoms with van der Waals surface area (Å²) in [6.45, 7) is 9.95. The number of likely N-dealkylation sites (N-methyl/N-ethyl adjacent to an activating group) is 1. The van der Waals surface area contributed by atoms with Gasteiger partial charge in [0, 0.05) is 32.1 Å². The van der Waals surface area contributed by atoms with Crippen molar-refractivity contribution in [1.82, 2.24) is 19.8 Å². The van der Waals surface area contributed by atoms with Crippen molar-refractivity contribution in [3.8, 4) is 0 Å². The third-order valence-corrected chi connectivity index (χ3v) is 4.30. The number of allylic oxidation sites excluding steroid dienone is 1. The number of amides is 2. The molecule has 1 aromatic heterocycles. The number of carbonyl (C=O) groups excluding carboxylic acids is 2. The highest BCUT2D eigenvalue weighted by Crippen LogP contribution is 2.22. The number of aromatic nitrogens is 2. The third-order valence-electron chi connectivity index (χ3n) is 4.30. The predicted octanol–water partition coefficient (Wildman–Crippen LogP) is 2.12. The van der Waals surface area contributed by atoms with Crippen molar-refractivity contribution in [3.05, 3.63) is 23.3 Å². The van der Waals surface area contributed by atoms with Crippen molar-refractivity contribution in [2.24, 2.45) is 10.4 Å². The lowest BCUT2D eigenvalue weighted by atomic mass is 9.89. The van der Waals surface area contributed by atoms with E-state index in [-0.39, 0.29) is 11.6 Å². The number of hydrogen-bond acceptors (Lipinski definition) is 4. The Morgan fingerprint density at radius 2 is 2.00 bits per heavy atom. The molecule has 0 spiro atoms. The van der Waals surface area contributed by atoms with Crippen LogP contribution in [0.1, 0.15) is 56.1 Å². The van der Waals surface area contributed by atoms with E-state index < -0.39 is 11.3 Å². The van der Waals surface area contributed by atoms with Crippen LogP contribution < -0.4 is 5.32 Å². The second-order valence-corrected chi connectivity index (χ2v) is 7.56. The summed E-state index contributed by atoms with van der Waals surface area (Å²) in [5, 5.41) is 2.56. The van der Waals surface area contributed by atoms with Crippen LogP contribution in [-0.4, -0.2) is 52.6 Å². The van der Waals surface area contributed by atoms with Crippen molar-refractivity contribution >= 4 is 23.6 Å². The van der Waals surface area contributed by atoms with Crippen molar-refractivity contribution in [2.45, 2.75) is 47.2 Å². The molecule has 2 amide bonds. The summed E-state index contributed by atoms with van der Waals surface area (Å²) < 4.78 is 2.07. The average Bonchev–Trinajstić information content (AvgIpc) is 2.93. The first-order valence-electron chi connectivity index (χ1n) is 8.99. The fourth-order valence-corrected chi connectivity index (χ4v) is 2.87. The Labute approximate surface area is 155 Å². The zero-order chi connectivity index (χ0) is 19.5. The molecule has 1 aliphatic rings. The van der Waals surface area contributed by atoms with Gasteiger partial charge in [-0.1, -0.05) is 33.8 Å². The molecule has 0 atom stereocenters. The van der Waals surface area contributed by atoms with E-state index in [0.29, 0.717) is 12.2 Å². The van der Waals surface area contributed by atoms with E-state index in [1.54, 1.807) is 0 Å². The minimum atomic E-state index is -0.544. The van der Waals surface area contributed by atoms with Crippen LogP contribution >= 0.6 is 0 Å². The van der Waals surface area contributed by atoms with Crippen molar-refractivity contribution in [1.29, 1.82) is 0 Å². The lowest BCUT2D eigenvalue weighted by Gasteiger charge is -2.25. The number of nitrogens with one attached hydrogen (secondary N) is 1. The Morgan fingerprint density at radius 1 is 1.31 bits per heavy atom. The lowest BCUT2D eigenvalue weighted by molar-refractivity contribution is -0.114. The third kappa shape index (κ3) is 4.27. The van der Waals surface area contributed by atoms with Crippen LogP contribution in [0.2, 0.25) is 0 Å². The van der Waals surface area contributed by atoms with E-state index in [2.05, 4.69) is 31.7 Å². The molecule has 7 heteroatoms. The average molecular weight is 359 g/mol. The molecular formula is C19H29N5O2. The Balaban J connectivity index is 2.51. The van der Waals surface area contributed by atoms with Crippen LogP contribution in [0.4, 0.5) is 0 Å². The zero-order valence-electron chi connectivity index (χ0n) is 16.6. The minimum absolute atomic E-state index is 0.210. The molecule has 0 fully saturated rings. The summed E-state index contributed by atoms with van der Waals surface area (Å²) in [6, 6.07) is 0. The number of hydrogen-bond donors (Lipinski definition) is 1. The summed E-state index contributed by atoms with van der Waals surface area (Å²) in [5.41, 5.74) is 0.852. The maximum Gasteiger partial charge on any atom is 0.297 e. The van der Waals surface area contributed by atoms with E-state index in [4.69, 9.17) is 0 Å². The second-order valence-electron chi connectivity index (χ2n) is 7.56. The molecule has 0 radical (unpaired) electrons.